The Kier molecular flexibility index (Phi) is 4.99. The number of nitrogens with two attached hydrogens (primary N) is 1. The first-order valence-electron chi connectivity index (χ1n) is 7.93. The second-order valence-electron chi connectivity index (χ2n) is 6.75. The molecule has 1 aliphatic heterocycles. The molecule has 0 spiro atoms. The maximum Gasteiger partial charge on any atom is 0.123 e. The lowest BCUT2D eigenvalue weighted by Crippen LogP contribution is -2.53. The van der Waals surface area contributed by atoms with E-state index >= 15 is 0 Å². The number of hydrogen-bond donors (Lipinski definition) is 1. The SMILES string of the molecule is CCCOc1cc(N)cc(N2CCN(C(C)(C)C)CC2)c1. The Labute approximate surface area is 128 Å². The second-order valence-corrected chi connectivity index (χ2v) is 6.75. The van der Waals surface area contributed by atoms with Crippen LogP contribution in [0.3, 0.4) is 0 Å². The van der Waals surface area contributed by atoms with E-state index < -0.39 is 0 Å². The molecule has 0 radical (unpaired) electrons. The van der Waals surface area contributed by atoms with Crippen LogP contribution < -0.4 is 15.4 Å². The van der Waals surface area contributed by atoms with Crippen molar-refractivity contribution in [3.05, 3.63) is 18.2 Å². The van der Waals surface area contributed by atoms with E-state index in [4.69, 9.17) is 10.5 Å². The average molecular weight is 291 g/mol. The molecule has 1 aromatic carbocycles. The fourth-order valence-electron chi connectivity index (χ4n) is 2.73. The van der Waals surface area contributed by atoms with Gasteiger partial charge in [-0.25, -0.2) is 0 Å². The zero-order valence-electron chi connectivity index (χ0n) is 13.9. The van der Waals surface area contributed by atoms with Crippen LogP contribution in [0.25, 0.3) is 0 Å². The third kappa shape index (κ3) is 4.27. The lowest BCUT2D eigenvalue weighted by molar-refractivity contribution is 0.128. The Morgan fingerprint density at radius 3 is 2.33 bits per heavy atom. The van der Waals surface area contributed by atoms with Crippen LogP contribution in [-0.2, 0) is 0 Å². The molecule has 4 nitrogen and oxygen atoms in total. The van der Waals surface area contributed by atoms with Gasteiger partial charge in [0, 0.05) is 55.2 Å². The molecule has 0 bridgehead atoms. The van der Waals surface area contributed by atoms with Crippen molar-refractivity contribution < 1.29 is 4.74 Å². The molecule has 0 aromatic heterocycles. The molecule has 1 saturated heterocycles. The summed E-state index contributed by atoms with van der Waals surface area (Å²) >= 11 is 0. The monoisotopic (exact) mass is 291 g/mol. The first kappa shape index (κ1) is 16.0. The minimum absolute atomic E-state index is 0.247. The fourth-order valence-corrected chi connectivity index (χ4v) is 2.73. The first-order valence-corrected chi connectivity index (χ1v) is 7.93. The Hall–Kier alpha value is -1.42. The van der Waals surface area contributed by atoms with Crippen LogP contribution in [0, 0.1) is 0 Å². The van der Waals surface area contributed by atoms with Crippen LogP contribution >= 0.6 is 0 Å². The summed E-state index contributed by atoms with van der Waals surface area (Å²) in [6, 6.07) is 6.06. The van der Waals surface area contributed by atoms with Gasteiger partial charge in [0.1, 0.15) is 5.75 Å². The largest absolute Gasteiger partial charge is 0.493 e. The van der Waals surface area contributed by atoms with Crippen molar-refractivity contribution in [2.45, 2.75) is 39.7 Å². The Morgan fingerprint density at radius 1 is 1.10 bits per heavy atom. The number of rotatable bonds is 4. The van der Waals surface area contributed by atoms with Crippen molar-refractivity contribution >= 4 is 11.4 Å². The van der Waals surface area contributed by atoms with Gasteiger partial charge in [0.05, 0.1) is 6.61 Å². The molecule has 0 atom stereocenters. The Balaban J connectivity index is 2.04. The summed E-state index contributed by atoms with van der Waals surface area (Å²) in [6.07, 6.45) is 1.01. The number of piperazine rings is 1. The van der Waals surface area contributed by atoms with Crippen LogP contribution in [0.2, 0.25) is 0 Å². The van der Waals surface area contributed by atoms with Crippen LogP contribution in [-0.4, -0.2) is 43.2 Å². The number of benzene rings is 1. The molecular weight excluding hydrogens is 262 g/mol. The Morgan fingerprint density at radius 2 is 1.76 bits per heavy atom. The molecule has 0 amide bonds. The lowest BCUT2D eigenvalue weighted by atomic mass is 10.0. The molecule has 118 valence electrons. The molecule has 0 aliphatic carbocycles. The number of nitrogen functional groups attached to an aromatic ring is 1. The molecule has 2 N–H and O–H groups in total. The van der Waals surface area contributed by atoms with Gasteiger partial charge in [0.2, 0.25) is 0 Å². The van der Waals surface area contributed by atoms with E-state index in [0.717, 1.165) is 50.6 Å². The fraction of sp³-hybridized carbons (Fsp3) is 0.647. The van der Waals surface area contributed by atoms with Crippen molar-refractivity contribution in [1.82, 2.24) is 4.90 Å². The molecule has 1 aromatic rings. The predicted octanol–water partition coefficient (Wildman–Crippen LogP) is 2.98. The van der Waals surface area contributed by atoms with Gasteiger partial charge < -0.3 is 15.4 Å². The van der Waals surface area contributed by atoms with Crippen LogP contribution in [0.15, 0.2) is 18.2 Å². The third-order valence-electron chi connectivity index (χ3n) is 3.98. The van der Waals surface area contributed by atoms with Crippen LogP contribution in [0.5, 0.6) is 5.75 Å². The summed E-state index contributed by atoms with van der Waals surface area (Å²) in [5, 5.41) is 0. The Bertz CT molecular complexity index is 460. The van der Waals surface area contributed by atoms with Crippen molar-refractivity contribution in [2.24, 2.45) is 0 Å². The highest BCUT2D eigenvalue weighted by atomic mass is 16.5. The summed E-state index contributed by atoms with van der Waals surface area (Å²) < 4.78 is 5.73. The normalized spacial score (nSPS) is 17.0. The summed E-state index contributed by atoms with van der Waals surface area (Å²) in [6.45, 7) is 13.9. The molecule has 0 unspecified atom stereocenters. The molecule has 1 fully saturated rings. The van der Waals surface area contributed by atoms with Crippen LogP contribution in [0.4, 0.5) is 11.4 Å². The minimum Gasteiger partial charge on any atom is -0.493 e. The summed E-state index contributed by atoms with van der Waals surface area (Å²) in [5.74, 6) is 0.880. The van der Waals surface area contributed by atoms with Gasteiger partial charge in [-0.15, -0.1) is 0 Å². The molecular formula is C17H29N3O. The average Bonchev–Trinajstić information content (AvgIpc) is 2.44. The van der Waals surface area contributed by atoms with E-state index in [-0.39, 0.29) is 5.54 Å². The highest BCUT2D eigenvalue weighted by molar-refractivity contribution is 5.60. The summed E-state index contributed by atoms with van der Waals surface area (Å²) in [4.78, 5) is 4.93. The van der Waals surface area contributed by atoms with Crippen molar-refractivity contribution in [1.29, 1.82) is 0 Å². The first-order chi connectivity index (χ1) is 9.90. The van der Waals surface area contributed by atoms with Crippen LogP contribution in [0.1, 0.15) is 34.1 Å². The van der Waals surface area contributed by atoms with E-state index in [0.29, 0.717) is 0 Å². The second kappa shape index (κ2) is 6.56. The van der Waals surface area contributed by atoms with Gasteiger partial charge in [-0.3, -0.25) is 4.90 Å². The van der Waals surface area contributed by atoms with E-state index in [1.165, 1.54) is 5.69 Å². The zero-order chi connectivity index (χ0) is 15.5. The van der Waals surface area contributed by atoms with Crippen molar-refractivity contribution in [3.63, 3.8) is 0 Å². The highest BCUT2D eigenvalue weighted by Crippen LogP contribution is 2.27. The molecule has 1 heterocycles. The van der Waals surface area contributed by atoms with Crippen molar-refractivity contribution in [2.75, 3.05) is 43.4 Å². The summed E-state index contributed by atoms with van der Waals surface area (Å²) in [5.41, 5.74) is 8.21. The number of anilines is 2. The standard InChI is InChI=1S/C17H29N3O/c1-5-10-21-16-12-14(18)11-15(13-16)19-6-8-20(9-7-19)17(2,3)4/h11-13H,5-10,18H2,1-4H3. The highest BCUT2D eigenvalue weighted by Gasteiger charge is 2.26. The van der Waals surface area contributed by atoms with Gasteiger partial charge in [-0.1, -0.05) is 6.92 Å². The smallest absolute Gasteiger partial charge is 0.123 e. The van der Waals surface area contributed by atoms with Crippen molar-refractivity contribution in [3.8, 4) is 5.75 Å². The van der Waals surface area contributed by atoms with Gasteiger partial charge in [0.15, 0.2) is 0 Å². The quantitative estimate of drug-likeness (QED) is 0.866. The maximum atomic E-state index is 6.02. The topological polar surface area (TPSA) is 41.7 Å². The molecule has 21 heavy (non-hydrogen) atoms. The number of ether oxygens (including phenoxy) is 1. The molecule has 0 saturated carbocycles. The van der Waals surface area contributed by atoms with Gasteiger partial charge >= 0.3 is 0 Å². The van der Waals surface area contributed by atoms with E-state index in [1.807, 2.05) is 12.1 Å². The maximum absolute atomic E-state index is 6.02. The van der Waals surface area contributed by atoms with E-state index in [1.54, 1.807) is 0 Å². The molecule has 1 aliphatic rings. The van der Waals surface area contributed by atoms with E-state index in [2.05, 4.69) is 43.6 Å². The number of nitrogens with zero attached hydrogens (tertiary/aromatic N) is 2. The number of hydrogen-bond acceptors (Lipinski definition) is 4. The van der Waals surface area contributed by atoms with Gasteiger partial charge in [0.25, 0.3) is 0 Å². The van der Waals surface area contributed by atoms with Gasteiger partial charge in [-0.2, -0.15) is 0 Å². The summed E-state index contributed by atoms with van der Waals surface area (Å²) in [7, 11) is 0. The molecule has 4 heteroatoms. The predicted molar refractivity (Wildman–Crippen MR) is 90.2 cm³/mol. The van der Waals surface area contributed by atoms with E-state index in [9.17, 15) is 0 Å². The lowest BCUT2D eigenvalue weighted by Gasteiger charge is -2.43. The minimum atomic E-state index is 0.247. The molecule has 2 rings (SSSR count). The zero-order valence-corrected chi connectivity index (χ0v) is 13.9. The van der Waals surface area contributed by atoms with Gasteiger partial charge in [-0.05, 0) is 33.3 Å². The third-order valence-corrected chi connectivity index (χ3v) is 3.98.